The van der Waals surface area contributed by atoms with E-state index in [-0.39, 0.29) is 17.8 Å². The summed E-state index contributed by atoms with van der Waals surface area (Å²) in [5.74, 6) is 1.56. The number of hydrogen-bond donors (Lipinski definition) is 5. The summed E-state index contributed by atoms with van der Waals surface area (Å²) in [4.78, 5) is 32.1. The Hall–Kier alpha value is -4.20. The van der Waals surface area contributed by atoms with E-state index < -0.39 is 0 Å². The number of aromatic nitrogens is 7. The molecule has 172 valence electrons. The highest BCUT2D eigenvalue weighted by Gasteiger charge is 2.13. The molecule has 0 aliphatic heterocycles. The van der Waals surface area contributed by atoms with Crippen molar-refractivity contribution in [3.63, 3.8) is 0 Å². The van der Waals surface area contributed by atoms with Crippen molar-refractivity contribution in [3.05, 3.63) is 39.8 Å². The second kappa shape index (κ2) is 9.12. The summed E-state index contributed by atoms with van der Waals surface area (Å²) >= 11 is 1.60. The van der Waals surface area contributed by atoms with E-state index in [1.807, 2.05) is 53.7 Å². The maximum atomic E-state index is 5.92. The Morgan fingerprint density at radius 2 is 1.36 bits per heavy atom. The molecule has 0 aliphatic rings. The number of nitrogen functional groups attached to an aromatic ring is 3. The van der Waals surface area contributed by atoms with E-state index in [1.165, 1.54) is 0 Å². The summed E-state index contributed by atoms with van der Waals surface area (Å²) in [6, 6.07) is 3.98. The van der Waals surface area contributed by atoms with Crippen molar-refractivity contribution < 1.29 is 0 Å². The van der Waals surface area contributed by atoms with E-state index in [4.69, 9.17) is 17.2 Å². The Morgan fingerprint density at radius 1 is 0.818 bits per heavy atom. The number of aromatic amines is 1. The summed E-state index contributed by atoms with van der Waals surface area (Å²) in [5.41, 5.74) is 21.2. The van der Waals surface area contributed by atoms with Crippen LogP contribution in [-0.2, 0) is 13.1 Å². The number of nitrogens with one attached hydrogen (secondary N) is 2. The lowest BCUT2D eigenvalue weighted by Gasteiger charge is -2.18. The maximum Gasteiger partial charge on any atom is 0.233 e. The molecule has 0 atom stereocenters. The molecule has 0 saturated heterocycles. The molecule has 0 spiro atoms. The van der Waals surface area contributed by atoms with Crippen molar-refractivity contribution in [2.45, 2.75) is 20.0 Å². The molecule has 4 aromatic heterocycles. The zero-order valence-electron chi connectivity index (χ0n) is 18.4. The van der Waals surface area contributed by atoms with Crippen LogP contribution in [0, 0.1) is 6.92 Å². The highest BCUT2D eigenvalue weighted by Crippen LogP contribution is 2.23. The van der Waals surface area contributed by atoms with Gasteiger partial charge in [-0.1, -0.05) is 0 Å². The fourth-order valence-electron chi connectivity index (χ4n) is 3.11. The average molecular weight is 468 g/mol. The summed E-state index contributed by atoms with van der Waals surface area (Å²) in [5, 5.41) is 7.24. The Morgan fingerprint density at radius 3 is 1.91 bits per heavy atom. The molecule has 0 aromatic carbocycles. The number of thiophene rings is 1. The van der Waals surface area contributed by atoms with E-state index in [0.717, 1.165) is 22.6 Å². The minimum Gasteiger partial charge on any atom is -0.368 e. The Bertz CT molecular complexity index is 1230. The lowest BCUT2D eigenvalue weighted by atomic mass is 10.3. The van der Waals surface area contributed by atoms with Gasteiger partial charge in [0, 0.05) is 30.9 Å². The molecule has 4 heterocycles. The SMILES string of the molecule is Cc1cscc1Nc1nc(N)nc(N(C)Cc2ccc(CN(C)c3nc(N)nc(N)n3)[nH]2)n1. The summed E-state index contributed by atoms with van der Waals surface area (Å²) in [6.45, 7) is 3.08. The first-order valence-electron chi connectivity index (χ1n) is 9.94. The summed E-state index contributed by atoms with van der Waals surface area (Å²) in [7, 11) is 3.73. The van der Waals surface area contributed by atoms with Crippen LogP contribution in [0.4, 0.5) is 41.4 Å². The summed E-state index contributed by atoms with van der Waals surface area (Å²) < 4.78 is 0. The molecule has 0 saturated carbocycles. The fourth-order valence-corrected chi connectivity index (χ4v) is 3.89. The first kappa shape index (κ1) is 22.0. The van der Waals surface area contributed by atoms with Crippen LogP contribution in [0.15, 0.2) is 22.9 Å². The van der Waals surface area contributed by atoms with Crippen LogP contribution >= 0.6 is 11.3 Å². The zero-order valence-corrected chi connectivity index (χ0v) is 19.3. The second-order valence-corrected chi connectivity index (χ2v) is 8.23. The number of anilines is 7. The van der Waals surface area contributed by atoms with Gasteiger partial charge in [0.15, 0.2) is 0 Å². The maximum absolute atomic E-state index is 5.92. The van der Waals surface area contributed by atoms with E-state index in [0.29, 0.717) is 30.9 Å². The van der Waals surface area contributed by atoms with Gasteiger partial charge in [0.25, 0.3) is 0 Å². The lowest BCUT2D eigenvalue weighted by molar-refractivity contribution is 0.814. The summed E-state index contributed by atoms with van der Waals surface area (Å²) in [6.07, 6.45) is 0. The Labute approximate surface area is 194 Å². The molecule has 8 N–H and O–H groups in total. The van der Waals surface area contributed by atoms with Gasteiger partial charge in [-0.2, -0.15) is 29.9 Å². The molecular formula is C19H25N13S. The molecule has 0 radical (unpaired) electrons. The number of nitrogens with zero attached hydrogens (tertiary/aromatic N) is 8. The number of rotatable bonds is 8. The molecule has 4 aromatic rings. The van der Waals surface area contributed by atoms with E-state index in [9.17, 15) is 0 Å². The van der Waals surface area contributed by atoms with Crippen molar-refractivity contribution in [1.82, 2.24) is 34.9 Å². The van der Waals surface area contributed by atoms with Gasteiger partial charge in [-0.05, 0) is 30.0 Å². The van der Waals surface area contributed by atoms with Crippen LogP contribution < -0.4 is 32.3 Å². The third-order valence-corrected chi connectivity index (χ3v) is 5.57. The second-order valence-electron chi connectivity index (χ2n) is 7.48. The predicted octanol–water partition coefficient (Wildman–Crippen LogP) is 1.52. The molecule has 0 unspecified atom stereocenters. The van der Waals surface area contributed by atoms with Gasteiger partial charge in [-0.3, -0.25) is 0 Å². The van der Waals surface area contributed by atoms with Crippen LogP contribution in [-0.4, -0.2) is 49.0 Å². The molecule has 0 amide bonds. The van der Waals surface area contributed by atoms with Crippen LogP contribution in [0.25, 0.3) is 0 Å². The van der Waals surface area contributed by atoms with Crippen molar-refractivity contribution in [2.75, 3.05) is 46.4 Å². The molecular weight excluding hydrogens is 442 g/mol. The number of hydrogen-bond acceptors (Lipinski definition) is 13. The smallest absolute Gasteiger partial charge is 0.233 e. The number of H-pyrrole nitrogens is 1. The van der Waals surface area contributed by atoms with Gasteiger partial charge in [0.05, 0.1) is 18.8 Å². The third-order valence-electron chi connectivity index (χ3n) is 4.71. The van der Waals surface area contributed by atoms with Crippen molar-refractivity contribution in [1.29, 1.82) is 0 Å². The van der Waals surface area contributed by atoms with E-state index in [2.05, 4.69) is 40.2 Å². The zero-order chi connectivity index (χ0) is 23.5. The van der Waals surface area contributed by atoms with Crippen LogP contribution in [0.5, 0.6) is 0 Å². The van der Waals surface area contributed by atoms with Gasteiger partial charge in [0.2, 0.25) is 35.7 Å². The van der Waals surface area contributed by atoms with Crippen molar-refractivity contribution >= 4 is 52.7 Å². The number of nitrogens with two attached hydrogens (primary N) is 3. The molecule has 14 heteroatoms. The van der Waals surface area contributed by atoms with Gasteiger partial charge >= 0.3 is 0 Å². The van der Waals surface area contributed by atoms with Gasteiger partial charge in [-0.25, -0.2) is 0 Å². The molecule has 4 rings (SSSR count). The monoisotopic (exact) mass is 467 g/mol. The molecule has 0 bridgehead atoms. The third kappa shape index (κ3) is 5.35. The quantitative estimate of drug-likeness (QED) is 0.251. The number of aryl methyl sites for hydroxylation is 1. The van der Waals surface area contributed by atoms with Crippen LogP contribution in [0.3, 0.4) is 0 Å². The van der Waals surface area contributed by atoms with Crippen molar-refractivity contribution in [2.24, 2.45) is 0 Å². The first-order chi connectivity index (χ1) is 15.8. The van der Waals surface area contributed by atoms with E-state index >= 15 is 0 Å². The molecule has 0 aliphatic carbocycles. The van der Waals surface area contributed by atoms with Gasteiger partial charge in [0.1, 0.15) is 0 Å². The standard InChI is InChI=1S/C19H25N13S/c1-10-8-33-9-13(10)24-17-26-16(22)29-19(30-17)32(3)7-12-5-4-11(23-12)6-31(2)18-27-14(20)25-15(21)28-18/h4-5,8-9,23H,6-7H2,1-3H3,(H4,20,21,25,27,28)(H3,22,24,26,29,30). The minimum atomic E-state index is 0.0813. The Kier molecular flexibility index (Phi) is 6.08. The molecule has 33 heavy (non-hydrogen) atoms. The highest BCUT2D eigenvalue weighted by molar-refractivity contribution is 7.08. The predicted molar refractivity (Wildman–Crippen MR) is 130 cm³/mol. The first-order valence-corrected chi connectivity index (χ1v) is 10.9. The van der Waals surface area contributed by atoms with Gasteiger partial charge < -0.3 is 37.3 Å². The van der Waals surface area contributed by atoms with E-state index in [1.54, 1.807) is 11.3 Å². The molecule has 0 fully saturated rings. The lowest BCUT2D eigenvalue weighted by Crippen LogP contribution is -2.22. The fraction of sp³-hybridized carbons (Fsp3) is 0.263. The van der Waals surface area contributed by atoms with Crippen LogP contribution in [0.2, 0.25) is 0 Å². The van der Waals surface area contributed by atoms with Crippen molar-refractivity contribution in [3.8, 4) is 0 Å². The molecule has 13 nitrogen and oxygen atoms in total. The van der Waals surface area contributed by atoms with Crippen LogP contribution in [0.1, 0.15) is 17.0 Å². The normalized spacial score (nSPS) is 10.9. The highest BCUT2D eigenvalue weighted by atomic mass is 32.1. The topological polar surface area (TPSA) is 190 Å². The van der Waals surface area contributed by atoms with Gasteiger partial charge in [-0.15, -0.1) is 11.3 Å². The Balaban J connectivity index is 1.43. The average Bonchev–Trinajstić information content (AvgIpc) is 3.35. The largest absolute Gasteiger partial charge is 0.368 e. The minimum absolute atomic E-state index is 0.0813.